The van der Waals surface area contributed by atoms with Crippen molar-refractivity contribution in [3.8, 4) is 11.5 Å². The van der Waals surface area contributed by atoms with Gasteiger partial charge in [0.1, 0.15) is 11.5 Å². The van der Waals surface area contributed by atoms with Gasteiger partial charge in [-0.2, -0.15) is 0 Å². The summed E-state index contributed by atoms with van der Waals surface area (Å²) < 4.78 is 15.9. The monoisotopic (exact) mass is 430 g/mol. The van der Waals surface area contributed by atoms with Gasteiger partial charge >= 0.3 is 5.97 Å². The third-order valence-electron chi connectivity index (χ3n) is 5.37. The molecular weight excluding hydrogens is 404 g/mol. The third kappa shape index (κ3) is 5.43. The average Bonchev–Trinajstić information content (AvgIpc) is 2.80. The molecule has 1 fully saturated rings. The van der Waals surface area contributed by atoms with Crippen LogP contribution < -0.4 is 10.2 Å². The zero-order valence-corrected chi connectivity index (χ0v) is 17.6. The fourth-order valence-corrected chi connectivity index (χ4v) is 3.56. The lowest BCUT2D eigenvalue weighted by atomic mass is 9.92. The number of piperazine rings is 1. The normalized spacial score (nSPS) is 15.4. The van der Waals surface area contributed by atoms with Crippen molar-refractivity contribution < 1.29 is 28.6 Å². The van der Waals surface area contributed by atoms with Crippen LogP contribution in [0.4, 0.5) is 0 Å². The molecule has 0 saturated carbocycles. The quantitative estimate of drug-likeness (QED) is 0.493. The summed E-state index contributed by atoms with van der Waals surface area (Å²) in [7, 11) is 2.82. The summed E-state index contributed by atoms with van der Waals surface area (Å²) in [6.07, 6.45) is 0.711. The van der Waals surface area contributed by atoms with E-state index < -0.39 is 23.1 Å². The number of benzene rings is 1. The first-order valence-corrected chi connectivity index (χ1v) is 9.93. The molecule has 1 aliphatic rings. The number of ether oxygens (including phenoxy) is 2. The topological polar surface area (TPSA) is 110 Å². The first-order valence-electron chi connectivity index (χ1n) is 9.93. The van der Waals surface area contributed by atoms with Crippen LogP contribution in [0.5, 0.6) is 11.5 Å². The molecule has 31 heavy (non-hydrogen) atoms. The van der Waals surface area contributed by atoms with Crippen LogP contribution in [0, 0.1) is 0 Å². The van der Waals surface area contributed by atoms with Gasteiger partial charge in [-0.1, -0.05) is 12.1 Å². The Morgan fingerprint density at radius 2 is 1.87 bits per heavy atom. The summed E-state index contributed by atoms with van der Waals surface area (Å²) in [4.78, 5) is 39.2. The molecule has 1 aliphatic heterocycles. The SMILES string of the molecule is COC(=O)CC(c1ccc(OC)cc1)c1oc(CN2CCN(C=O)CC2)cc(=O)c1O. The molecule has 3 rings (SSSR count). The molecule has 0 aliphatic carbocycles. The predicted molar refractivity (Wildman–Crippen MR) is 111 cm³/mol. The second-order valence-corrected chi connectivity index (χ2v) is 7.31. The lowest BCUT2D eigenvalue weighted by molar-refractivity contribution is -0.141. The molecule has 2 aromatic rings. The molecule has 1 saturated heterocycles. The molecule has 1 amide bonds. The van der Waals surface area contributed by atoms with Gasteiger partial charge in [0.15, 0.2) is 5.76 Å². The Bertz CT molecular complexity index is 963. The van der Waals surface area contributed by atoms with Crippen LogP contribution in [0.15, 0.2) is 39.5 Å². The Balaban J connectivity index is 1.92. The van der Waals surface area contributed by atoms with E-state index in [4.69, 9.17) is 13.9 Å². The molecule has 1 atom stereocenters. The van der Waals surface area contributed by atoms with Crippen LogP contribution >= 0.6 is 0 Å². The van der Waals surface area contributed by atoms with E-state index >= 15 is 0 Å². The molecule has 1 unspecified atom stereocenters. The van der Waals surface area contributed by atoms with Gasteiger partial charge in [0.25, 0.3) is 0 Å². The van der Waals surface area contributed by atoms with Gasteiger partial charge in [0.2, 0.25) is 17.6 Å². The van der Waals surface area contributed by atoms with E-state index in [0.29, 0.717) is 49.8 Å². The summed E-state index contributed by atoms with van der Waals surface area (Å²) in [5, 5.41) is 10.5. The third-order valence-corrected chi connectivity index (χ3v) is 5.37. The average molecular weight is 430 g/mol. The Labute approximate surface area is 179 Å². The zero-order valence-electron chi connectivity index (χ0n) is 17.6. The van der Waals surface area contributed by atoms with E-state index in [1.807, 2.05) is 0 Å². The Morgan fingerprint density at radius 3 is 2.45 bits per heavy atom. The molecule has 9 nitrogen and oxygen atoms in total. The smallest absolute Gasteiger partial charge is 0.306 e. The highest BCUT2D eigenvalue weighted by atomic mass is 16.5. The summed E-state index contributed by atoms with van der Waals surface area (Å²) in [5.74, 6) is -0.713. The molecule has 166 valence electrons. The summed E-state index contributed by atoms with van der Waals surface area (Å²) in [6.45, 7) is 2.82. The van der Waals surface area contributed by atoms with E-state index in [-0.39, 0.29) is 12.2 Å². The summed E-state index contributed by atoms with van der Waals surface area (Å²) in [6, 6.07) is 8.21. The zero-order chi connectivity index (χ0) is 22.4. The van der Waals surface area contributed by atoms with Gasteiger partial charge < -0.3 is 23.9 Å². The van der Waals surface area contributed by atoms with Crippen molar-refractivity contribution in [1.82, 2.24) is 9.80 Å². The molecule has 1 aromatic carbocycles. The maximum absolute atomic E-state index is 12.5. The molecule has 1 aromatic heterocycles. The summed E-state index contributed by atoms with van der Waals surface area (Å²) in [5.41, 5.74) is 0.0903. The highest BCUT2D eigenvalue weighted by Gasteiger charge is 2.27. The predicted octanol–water partition coefficient (Wildman–Crippen LogP) is 1.32. The van der Waals surface area contributed by atoms with Crippen molar-refractivity contribution in [2.75, 3.05) is 40.4 Å². The van der Waals surface area contributed by atoms with Gasteiger partial charge in [-0.15, -0.1) is 0 Å². The van der Waals surface area contributed by atoms with Gasteiger partial charge in [-0.3, -0.25) is 19.3 Å². The fraction of sp³-hybridized carbons (Fsp3) is 0.409. The molecular formula is C22H26N2O7. The van der Waals surface area contributed by atoms with Crippen LogP contribution in [0.3, 0.4) is 0 Å². The van der Waals surface area contributed by atoms with Crippen molar-refractivity contribution in [3.63, 3.8) is 0 Å². The van der Waals surface area contributed by atoms with E-state index in [9.17, 15) is 19.5 Å². The first-order chi connectivity index (χ1) is 14.9. The standard InChI is InChI=1S/C22H26N2O7/c1-29-16-5-3-15(4-6-16)18(12-20(27)30-2)22-21(28)19(26)11-17(31-22)13-23-7-9-24(14-25)10-8-23/h3-6,11,14,18,28H,7-10,12-13H2,1-2H3. The van der Waals surface area contributed by atoms with Crippen LogP contribution in [0.2, 0.25) is 0 Å². The van der Waals surface area contributed by atoms with Gasteiger partial charge in [-0.25, -0.2) is 0 Å². The Hall–Kier alpha value is -3.33. The number of hydrogen-bond acceptors (Lipinski definition) is 8. The van der Waals surface area contributed by atoms with Gasteiger partial charge in [-0.05, 0) is 17.7 Å². The highest BCUT2D eigenvalue weighted by molar-refractivity contribution is 5.71. The number of carbonyl (C=O) groups excluding carboxylic acids is 2. The number of hydrogen-bond donors (Lipinski definition) is 1. The van der Waals surface area contributed by atoms with Crippen LogP contribution in [0.25, 0.3) is 0 Å². The molecule has 0 spiro atoms. The number of nitrogens with zero attached hydrogens (tertiary/aromatic N) is 2. The molecule has 2 heterocycles. The van der Waals surface area contributed by atoms with E-state index in [0.717, 1.165) is 6.41 Å². The minimum absolute atomic E-state index is 0.0181. The molecule has 0 radical (unpaired) electrons. The largest absolute Gasteiger partial charge is 0.502 e. The lowest BCUT2D eigenvalue weighted by Crippen LogP contribution is -2.45. The molecule has 0 bridgehead atoms. The maximum atomic E-state index is 12.5. The van der Waals surface area contributed by atoms with Crippen molar-refractivity contribution in [3.05, 3.63) is 57.6 Å². The second-order valence-electron chi connectivity index (χ2n) is 7.31. The highest BCUT2D eigenvalue weighted by Crippen LogP contribution is 2.34. The number of esters is 1. The van der Waals surface area contributed by atoms with Crippen molar-refractivity contribution in [2.45, 2.75) is 18.9 Å². The maximum Gasteiger partial charge on any atom is 0.306 e. The number of aromatic hydroxyl groups is 1. The van der Waals surface area contributed by atoms with E-state index in [1.54, 1.807) is 36.3 Å². The van der Waals surface area contributed by atoms with Crippen LogP contribution in [0.1, 0.15) is 29.4 Å². The second kappa shape index (κ2) is 10.1. The van der Waals surface area contributed by atoms with Crippen molar-refractivity contribution in [1.29, 1.82) is 0 Å². The fourth-order valence-electron chi connectivity index (χ4n) is 3.56. The lowest BCUT2D eigenvalue weighted by Gasteiger charge is -2.32. The Morgan fingerprint density at radius 1 is 1.19 bits per heavy atom. The van der Waals surface area contributed by atoms with Crippen molar-refractivity contribution >= 4 is 12.4 Å². The molecule has 1 N–H and O–H groups in total. The number of rotatable bonds is 8. The number of amides is 1. The van der Waals surface area contributed by atoms with E-state index in [1.165, 1.54) is 13.2 Å². The number of carbonyl (C=O) groups is 2. The van der Waals surface area contributed by atoms with Crippen LogP contribution in [-0.4, -0.2) is 67.7 Å². The van der Waals surface area contributed by atoms with E-state index in [2.05, 4.69) is 4.90 Å². The van der Waals surface area contributed by atoms with Crippen molar-refractivity contribution in [2.24, 2.45) is 0 Å². The van der Waals surface area contributed by atoms with Gasteiger partial charge in [0.05, 0.1) is 33.1 Å². The number of methoxy groups -OCH3 is 2. The Kier molecular flexibility index (Phi) is 7.30. The summed E-state index contributed by atoms with van der Waals surface area (Å²) >= 11 is 0. The minimum Gasteiger partial charge on any atom is -0.502 e. The minimum atomic E-state index is -0.710. The molecule has 9 heteroatoms. The van der Waals surface area contributed by atoms with Gasteiger partial charge in [0, 0.05) is 32.2 Å². The van der Waals surface area contributed by atoms with Crippen LogP contribution in [-0.2, 0) is 20.9 Å². The first kappa shape index (κ1) is 22.4.